The molecule has 1 atom stereocenters. The molecule has 0 saturated heterocycles. The van der Waals surface area contributed by atoms with Gasteiger partial charge in [0.05, 0.1) is 6.10 Å². The summed E-state index contributed by atoms with van der Waals surface area (Å²) in [7, 11) is 0. The molecule has 11 heavy (non-hydrogen) atoms. The molecule has 1 radical (unpaired) electrons. The number of carboxylic acid groups (broad SMARTS) is 2. The average molecular weight is 161 g/mol. The maximum absolute atomic E-state index is 10.2. The van der Waals surface area contributed by atoms with Crippen LogP contribution in [-0.2, 0) is 9.59 Å². The maximum atomic E-state index is 10.2. The Labute approximate surface area is 63.3 Å². The molecule has 1 unspecified atom stereocenters. The van der Waals surface area contributed by atoms with Gasteiger partial charge in [-0.3, -0.25) is 9.59 Å². The molecule has 0 aromatic heterocycles. The van der Waals surface area contributed by atoms with E-state index in [2.05, 4.69) is 6.92 Å². The van der Waals surface area contributed by atoms with Crippen LogP contribution < -0.4 is 0 Å². The van der Waals surface area contributed by atoms with Crippen LogP contribution in [0.2, 0.25) is 0 Å². The minimum Gasteiger partial charge on any atom is -0.481 e. The smallest absolute Gasteiger partial charge is 0.317 e. The second-order valence-corrected chi connectivity index (χ2v) is 2.12. The van der Waals surface area contributed by atoms with Crippen LogP contribution in [0, 0.1) is 12.8 Å². The third-order valence-electron chi connectivity index (χ3n) is 1.10. The van der Waals surface area contributed by atoms with Crippen molar-refractivity contribution in [3.8, 4) is 0 Å². The molecule has 0 fully saturated rings. The van der Waals surface area contributed by atoms with Crippen molar-refractivity contribution in [1.82, 2.24) is 0 Å². The maximum Gasteiger partial charge on any atom is 0.317 e. The average Bonchev–Trinajstić information content (AvgIpc) is 1.81. The molecular weight excluding hydrogens is 152 g/mol. The van der Waals surface area contributed by atoms with E-state index in [0.717, 1.165) is 0 Å². The molecule has 0 saturated carbocycles. The normalized spacial score (nSPS) is 13.0. The Morgan fingerprint density at radius 1 is 1.27 bits per heavy atom. The van der Waals surface area contributed by atoms with E-state index in [4.69, 9.17) is 15.3 Å². The summed E-state index contributed by atoms with van der Waals surface area (Å²) in [5.41, 5.74) is 0. The topological polar surface area (TPSA) is 94.8 Å². The third-order valence-corrected chi connectivity index (χ3v) is 1.10. The Hall–Kier alpha value is -1.10. The summed E-state index contributed by atoms with van der Waals surface area (Å²) in [4.78, 5) is 20.3. The monoisotopic (exact) mass is 161 g/mol. The molecule has 0 heterocycles. The highest BCUT2D eigenvalue weighted by atomic mass is 16.4. The van der Waals surface area contributed by atoms with Crippen molar-refractivity contribution in [3.05, 3.63) is 6.92 Å². The van der Waals surface area contributed by atoms with Crippen LogP contribution in [0.5, 0.6) is 0 Å². The molecule has 0 aliphatic carbocycles. The first-order valence-corrected chi connectivity index (χ1v) is 2.92. The van der Waals surface area contributed by atoms with Crippen molar-refractivity contribution in [2.45, 2.75) is 12.5 Å². The highest BCUT2D eigenvalue weighted by Crippen LogP contribution is 2.06. The number of aliphatic hydroxyl groups is 1. The minimum absolute atomic E-state index is 0.370. The van der Waals surface area contributed by atoms with Crippen LogP contribution in [0.1, 0.15) is 6.42 Å². The fourth-order valence-corrected chi connectivity index (χ4v) is 0.579. The van der Waals surface area contributed by atoms with Crippen molar-refractivity contribution < 1.29 is 24.9 Å². The van der Waals surface area contributed by atoms with Gasteiger partial charge >= 0.3 is 11.9 Å². The van der Waals surface area contributed by atoms with E-state index in [1.807, 2.05) is 0 Å². The summed E-state index contributed by atoms with van der Waals surface area (Å²) in [5, 5.41) is 25.1. The lowest BCUT2D eigenvalue weighted by Gasteiger charge is -2.07. The number of carbonyl (C=O) groups is 2. The first kappa shape index (κ1) is 9.90. The molecule has 0 aromatic carbocycles. The van der Waals surface area contributed by atoms with Gasteiger partial charge in [0.25, 0.3) is 0 Å². The highest BCUT2D eigenvalue weighted by Gasteiger charge is 2.26. The Kier molecular flexibility index (Phi) is 3.53. The zero-order valence-electron chi connectivity index (χ0n) is 5.73. The molecule has 0 amide bonds. The van der Waals surface area contributed by atoms with Gasteiger partial charge in [-0.1, -0.05) is 0 Å². The van der Waals surface area contributed by atoms with Crippen LogP contribution in [0.3, 0.4) is 0 Å². The Bertz CT molecular complexity index is 148. The Balaban J connectivity index is 4.12. The number of carboxylic acids is 2. The fourth-order valence-electron chi connectivity index (χ4n) is 0.579. The lowest BCUT2D eigenvalue weighted by Crippen LogP contribution is -2.26. The van der Waals surface area contributed by atoms with E-state index in [0.29, 0.717) is 0 Å². The van der Waals surface area contributed by atoms with Gasteiger partial charge < -0.3 is 15.3 Å². The van der Waals surface area contributed by atoms with Gasteiger partial charge in [0.2, 0.25) is 0 Å². The molecule has 63 valence electrons. The van der Waals surface area contributed by atoms with Crippen LogP contribution in [0.4, 0.5) is 0 Å². The van der Waals surface area contributed by atoms with Crippen molar-refractivity contribution in [2.24, 2.45) is 5.92 Å². The van der Waals surface area contributed by atoms with Gasteiger partial charge in [-0.15, -0.1) is 0 Å². The van der Waals surface area contributed by atoms with Gasteiger partial charge in [0.1, 0.15) is 0 Å². The first-order valence-electron chi connectivity index (χ1n) is 2.92. The highest BCUT2D eigenvalue weighted by molar-refractivity contribution is 5.92. The van der Waals surface area contributed by atoms with Gasteiger partial charge in [-0.2, -0.15) is 0 Å². The molecule has 0 aliphatic rings. The van der Waals surface area contributed by atoms with Gasteiger partial charge in [0, 0.05) is 0 Å². The van der Waals surface area contributed by atoms with Crippen LogP contribution in [0.25, 0.3) is 0 Å². The van der Waals surface area contributed by atoms with E-state index >= 15 is 0 Å². The molecule has 5 heteroatoms. The predicted molar refractivity (Wildman–Crippen MR) is 34.7 cm³/mol. The molecule has 5 nitrogen and oxygen atoms in total. The lowest BCUT2D eigenvalue weighted by atomic mass is 10.0. The first-order chi connectivity index (χ1) is 4.95. The molecule has 3 N–H and O–H groups in total. The minimum atomic E-state index is -1.57. The predicted octanol–water partition coefficient (Wildman–Crippen LogP) is -0.643. The molecular formula is C6H9O5. The standard InChI is InChI=1S/C6H9O5/c1-3(7)2-4(5(8)9)6(10)11/h3-4,7H,1-2H2,(H,8,9)(H,10,11). The van der Waals surface area contributed by atoms with Crippen molar-refractivity contribution in [2.75, 3.05) is 0 Å². The van der Waals surface area contributed by atoms with Gasteiger partial charge in [0.15, 0.2) is 5.92 Å². The summed E-state index contributed by atoms with van der Waals surface area (Å²) >= 11 is 0. The van der Waals surface area contributed by atoms with E-state index < -0.39 is 24.0 Å². The number of hydrogen-bond donors (Lipinski definition) is 3. The van der Waals surface area contributed by atoms with Crippen LogP contribution in [0.15, 0.2) is 0 Å². The third kappa shape index (κ3) is 3.57. The Morgan fingerprint density at radius 2 is 1.64 bits per heavy atom. The summed E-state index contributed by atoms with van der Waals surface area (Å²) in [5.74, 6) is -4.48. The van der Waals surface area contributed by atoms with Crippen LogP contribution in [-0.4, -0.2) is 33.4 Å². The number of aliphatic carboxylic acids is 2. The summed E-state index contributed by atoms with van der Waals surface area (Å²) in [6.45, 7) is 3.07. The quantitative estimate of drug-likeness (QED) is 0.476. The van der Waals surface area contributed by atoms with Crippen molar-refractivity contribution >= 4 is 11.9 Å². The molecule has 0 aliphatic heterocycles. The summed E-state index contributed by atoms with van der Waals surface area (Å²) < 4.78 is 0. The summed E-state index contributed by atoms with van der Waals surface area (Å²) in [6, 6.07) is 0. The number of aliphatic hydroxyl groups excluding tert-OH is 1. The molecule has 0 rings (SSSR count). The van der Waals surface area contributed by atoms with Gasteiger partial charge in [-0.05, 0) is 13.3 Å². The molecule has 0 spiro atoms. The number of rotatable bonds is 4. The van der Waals surface area contributed by atoms with Crippen molar-refractivity contribution in [1.29, 1.82) is 0 Å². The van der Waals surface area contributed by atoms with Crippen LogP contribution >= 0.6 is 0 Å². The second kappa shape index (κ2) is 3.92. The largest absolute Gasteiger partial charge is 0.481 e. The zero-order valence-corrected chi connectivity index (χ0v) is 5.73. The van der Waals surface area contributed by atoms with E-state index in [1.165, 1.54) is 0 Å². The van der Waals surface area contributed by atoms with Gasteiger partial charge in [-0.25, -0.2) is 0 Å². The van der Waals surface area contributed by atoms with E-state index in [-0.39, 0.29) is 6.42 Å². The lowest BCUT2D eigenvalue weighted by molar-refractivity contribution is -0.155. The molecule has 0 bridgehead atoms. The zero-order chi connectivity index (χ0) is 9.02. The van der Waals surface area contributed by atoms with E-state index in [9.17, 15) is 9.59 Å². The Morgan fingerprint density at radius 3 is 1.73 bits per heavy atom. The second-order valence-electron chi connectivity index (χ2n) is 2.12. The molecule has 0 aromatic rings. The SMILES string of the molecule is [CH2]C(O)CC(C(=O)O)C(=O)O. The summed E-state index contributed by atoms with van der Waals surface area (Å²) in [6.07, 6.45) is -1.53. The fraction of sp³-hybridized carbons (Fsp3) is 0.500. The van der Waals surface area contributed by atoms with Crippen molar-refractivity contribution in [3.63, 3.8) is 0 Å². The van der Waals surface area contributed by atoms with E-state index in [1.54, 1.807) is 0 Å². The number of hydrogen-bond acceptors (Lipinski definition) is 3.